The molecule has 0 aliphatic carbocycles. The highest BCUT2D eigenvalue weighted by molar-refractivity contribution is 5.96. The van der Waals surface area contributed by atoms with Crippen molar-refractivity contribution in [1.82, 2.24) is 4.90 Å². The van der Waals surface area contributed by atoms with Crippen LogP contribution in [0.15, 0.2) is 23.4 Å². The van der Waals surface area contributed by atoms with Crippen molar-refractivity contribution in [2.24, 2.45) is 11.1 Å². The van der Waals surface area contributed by atoms with Gasteiger partial charge in [-0.15, -0.1) is 0 Å². The Morgan fingerprint density at radius 1 is 1.45 bits per heavy atom. The summed E-state index contributed by atoms with van der Waals surface area (Å²) < 4.78 is 27.3. The minimum absolute atomic E-state index is 0.0764. The van der Waals surface area contributed by atoms with Crippen molar-refractivity contribution in [3.8, 4) is 0 Å². The van der Waals surface area contributed by atoms with Crippen LogP contribution < -0.4 is 0 Å². The van der Waals surface area contributed by atoms with E-state index < -0.39 is 23.1 Å². The van der Waals surface area contributed by atoms with Crippen LogP contribution in [0.5, 0.6) is 0 Å². The van der Waals surface area contributed by atoms with Crippen LogP contribution in [-0.2, 0) is 0 Å². The number of carbonyl (C=O) groups is 1. The van der Waals surface area contributed by atoms with E-state index in [1.54, 1.807) is 0 Å². The van der Waals surface area contributed by atoms with E-state index in [-0.39, 0.29) is 5.92 Å². The Morgan fingerprint density at radius 2 is 2.10 bits per heavy atom. The van der Waals surface area contributed by atoms with Crippen LogP contribution in [-0.4, -0.2) is 34.8 Å². The zero-order valence-corrected chi connectivity index (χ0v) is 11.1. The maximum Gasteiger partial charge on any atom is 0.259 e. The molecule has 6 heteroatoms. The highest BCUT2D eigenvalue weighted by atomic mass is 19.1. The quantitative estimate of drug-likeness (QED) is 0.669. The first-order valence-electron chi connectivity index (χ1n) is 6.52. The molecule has 1 unspecified atom stereocenters. The van der Waals surface area contributed by atoms with Crippen molar-refractivity contribution in [3.63, 3.8) is 0 Å². The molecule has 20 heavy (non-hydrogen) atoms. The third-order valence-corrected chi connectivity index (χ3v) is 3.63. The van der Waals surface area contributed by atoms with Crippen molar-refractivity contribution in [2.75, 3.05) is 13.1 Å². The molecule has 1 aliphatic heterocycles. The number of rotatable bonds is 2. The number of halogens is 2. The molecule has 108 valence electrons. The lowest BCUT2D eigenvalue weighted by atomic mass is 9.93. The molecule has 1 aliphatic rings. The van der Waals surface area contributed by atoms with E-state index in [0.29, 0.717) is 31.6 Å². The van der Waals surface area contributed by atoms with Crippen molar-refractivity contribution >= 4 is 11.6 Å². The minimum Gasteiger partial charge on any atom is -0.411 e. The second-order valence-corrected chi connectivity index (χ2v) is 4.79. The van der Waals surface area contributed by atoms with Crippen LogP contribution in [0.4, 0.5) is 8.78 Å². The standard InChI is InChI=1S/C14H16F2N2O2/c1-2-9-8-18(7-6-12(9)17-20)14(19)13-10(15)4-3-5-11(13)16/h3-5,9,20H,2,6-8H2,1H3/b17-12+. The Labute approximate surface area is 115 Å². The van der Waals surface area contributed by atoms with E-state index >= 15 is 0 Å². The first kappa shape index (κ1) is 14.4. The third-order valence-electron chi connectivity index (χ3n) is 3.63. The molecule has 1 fully saturated rings. The number of hydrogen-bond acceptors (Lipinski definition) is 3. The van der Waals surface area contributed by atoms with Crippen LogP contribution in [0.3, 0.4) is 0 Å². The maximum absolute atomic E-state index is 13.6. The minimum atomic E-state index is -0.857. The lowest BCUT2D eigenvalue weighted by Gasteiger charge is -2.33. The summed E-state index contributed by atoms with van der Waals surface area (Å²) in [5.41, 5.74) is 0.109. The second kappa shape index (κ2) is 5.98. The van der Waals surface area contributed by atoms with Crippen molar-refractivity contribution < 1.29 is 18.8 Å². The third kappa shape index (κ3) is 2.64. The van der Waals surface area contributed by atoms with Gasteiger partial charge in [0.15, 0.2) is 0 Å². The van der Waals surface area contributed by atoms with Crippen LogP contribution in [0, 0.1) is 17.6 Å². The Balaban J connectivity index is 2.22. The number of amides is 1. The summed E-state index contributed by atoms with van der Waals surface area (Å²) in [6.07, 6.45) is 1.11. The van der Waals surface area contributed by atoms with Crippen molar-refractivity contribution in [3.05, 3.63) is 35.4 Å². The lowest BCUT2D eigenvalue weighted by molar-refractivity contribution is 0.0719. The number of carbonyl (C=O) groups excluding carboxylic acids is 1. The molecule has 0 aromatic heterocycles. The fourth-order valence-electron chi connectivity index (χ4n) is 2.46. The van der Waals surface area contributed by atoms with E-state index in [9.17, 15) is 13.6 Å². The smallest absolute Gasteiger partial charge is 0.259 e. The van der Waals surface area contributed by atoms with Gasteiger partial charge in [-0.3, -0.25) is 4.79 Å². The van der Waals surface area contributed by atoms with Gasteiger partial charge in [-0.25, -0.2) is 8.78 Å². The van der Waals surface area contributed by atoms with Gasteiger partial charge in [0.25, 0.3) is 5.91 Å². The zero-order valence-electron chi connectivity index (χ0n) is 11.1. The summed E-state index contributed by atoms with van der Waals surface area (Å²) in [5, 5.41) is 12.1. The molecule has 1 N–H and O–H groups in total. The molecule has 0 bridgehead atoms. The summed E-state index contributed by atoms with van der Waals surface area (Å²) in [6, 6.07) is 3.36. The van der Waals surface area contributed by atoms with Crippen LogP contribution in [0.2, 0.25) is 0 Å². The average Bonchev–Trinajstić information content (AvgIpc) is 2.46. The molecule has 2 rings (SSSR count). The largest absolute Gasteiger partial charge is 0.411 e. The molecule has 1 aromatic rings. The Hall–Kier alpha value is -1.98. The van der Waals surface area contributed by atoms with Crippen LogP contribution >= 0.6 is 0 Å². The van der Waals surface area contributed by atoms with Gasteiger partial charge in [0.05, 0.1) is 5.71 Å². The number of piperidine rings is 1. The first-order chi connectivity index (χ1) is 9.58. The monoisotopic (exact) mass is 282 g/mol. The molecule has 1 amide bonds. The average molecular weight is 282 g/mol. The fourth-order valence-corrected chi connectivity index (χ4v) is 2.46. The Kier molecular flexibility index (Phi) is 4.32. The number of nitrogens with zero attached hydrogens (tertiary/aromatic N) is 2. The summed E-state index contributed by atoms with van der Waals surface area (Å²) in [7, 11) is 0. The normalized spacial score (nSPS) is 21.2. The second-order valence-electron chi connectivity index (χ2n) is 4.79. The number of benzene rings is 1. The predicted molar refractivity (Wildman–Crippen MR) is 69.9 cm³/mol. The molecule has 1 saturated heterocycles. The zero-order chi connectivity index (χ0) is 14.7. The van der Waals surface area contributed by atoms with E-state index in [2.05, 4.69) is 5.16 Å². The SMILES string of the molecule is CCC1CN(C(=O)c2c(F)cccc2F)CC/C1=N\O. The van der Waals surface area contributed by atoms with Crippen LogP contribution in [0.25, 0.3) is 0 Å². The van der Waals surface area contributed by atoms with Gasteiger partial charge in [-0.2, -0.15) is 0 Å². The highest BCUT2D eigenvalue weighted by Gasteiger charge is 2.30. The van der Waals surface area contributed by atoms with E-state index in [0.717, 1.165) is 12.1 Å². The predicted octanol–water partition coefficient (Wildman–Crippen LogP) is 2.67. The Bertz CT molecular complexity index is 526. The maximum atomic E-state index is 13.6. The van der Waals surface area contributed by atoms with Gasteiger partial charge in [0.1, 0.15) is 17.2 Å². The molecule has 1 aromatic carbocycles. The topological polar surface area (TPSA) is 52.9 Å². The highest BCUT2D eigenvalue weighted by Crippen LogP contribution is 2.21. The molecule has 0 radical (unpaired) electrons. The Morgan fingerprint density at radius 3 is 2.65 bits per heavy atom. The number of likely N-dealkylation sites (tertiary alicyclic amines) is 1. The van der Waals surface area contributed by atoms with E-state index in [4.69, 9.17) is 5.21 Å². The lowest BCUT2D eigenvalue weighted by Crippen LogP contribution is -2.44. The molecule has 1 heterocycles. The van der Waals surface area contributed by atoms with Gasteiger partial charge in [-0.05, 0) is 18.6 Å². The van der Waals surface area contributed by atoms with E-state index in [1.807, 2.05) is 6.92 Å². The first-order valence-corrected chi connectivity index (χ1v) is 6.52. The number of hydrogen-bond donors (Lipinski definition) is 1. The summed E-state index contributed by atoms with van der Waals surface area (Å²) >= 11 is 0. The van der Waals surface area contributed by atoms with Gasteiger partial charge in [-0.1, -0.05) is 18.1 Å². The summed E-state index contributed by atoms with van der Waals surface area (Å²) in [5.74, 6) is -2.45. The van der Waals surface area contributed by atoms with Crippen LogP contribution in [0.1, 0.15) is 30.1 Å². The fraction of sp³-hybridized carbons (Fsp3) is 0.429. The molecule has 0 spiro atoms. The van der Waals surface area contributed by atoms with E-state index in [1.165, 1.54) is 11.0 Å². The van der Waals surface area contributed by atoms with Gasteiger partial charge in [0.2, 0.25) is 0 Å². The summed E-state index contributed by atoms with van der Waals surface area (Å²) in [4.78, 5) is 13.6. The molecular formula is C14H16F2N2O2. The van der Waals surface area contributed by atoms with Gasteiger partial charge < -0.3 is 10.1 Å². The molecule has 4 nitrogen and oxygen atoms in total. The van der Waals surface area contributed by atoms with Crippen molar-refractivity contribution in [1.29, 1.82) is 0 Å². The van der Waals surface area contributed by atoms with Crippen molar-refractivity contribution in [2.45, 2.75) is 19.8 Å². The molecular weight excluding hydrogens is 266 g/mol. The van der Waals surface area contributed by atoms with Gasteiger partial charge in [0, 0.05) is 25.4 Å². The number of oxime groups is 1. The summed E-state index contributed by atoms with van der Waals surface area (Å²) in [6.45, 7) is 2.51. The van der Waals surface area contributed by atoms with Gasteiger partial charge >= 0.3 is 0 Å². The molecule has 0 saturated carbocycles. The molecule has 1 atom stereocenters.